The topological polar surface area (TPSA) is 45.2 Å². The lowest BCUT2D eigenvalue weighted by Crippen LogP contribution is -2.26. The van der Waals surface area contributed by atoms with Gasteiger partial charge < -0.3 is 10.4 Å². The summed E-state index contributed by atoms with van der Waals surface area (Å²) in [6.07, 6.45) is 4.75. The number of nitrogens with zero attached hydrogens (tertiary/aromatic N) is 1. The van der Waals surface area contributed by atoms with Crippen LogP contribution in [0.1, 0.15) is 36.9 Å². The zero-order chi connectivity index (χ0) is 12.1. The molecule has 0 saturated heterocycles. The van der Waals surface area contributed by atoms with Gasteiger partial charge in [-0.05, 0) is 37.6 Å². The van der Waals surface area contributed by atoms with Crippen LogP contribution in [-0.2, 0) is 13.0 Å². The van der Waals surface area contributed by atoms with Crippen molar-refractivity contribution in [2.75, 3.05) is 13.2 Å². The van der Waals surface area contributed by atoms with E-state index in [0.717, 1.165) is 25.2 Å². The smallest absolute Gasteiger partial charge is 0.0926 e. The Kier molecular flexibility index (Phi) is 4.95. The highest BCUT2D eigenvalue weighted by Gasteiger charge is 2.25. The Labute approximate surface area is 107 Å². The number of nitrogens with one attached hydrogen (secondary N) is 1. The molecule has 2 atom stereocenters. The molecule has 1 aromatic heterocycles. The van der Waals surface area contributed by atoms with E-state index in [2.05, 4.69) is 22.6 Å². The van der Waals surface area contributed by atoms with Gasteiger partial charge in [0.05, 0.1) is 10.7 Å². The SMILES string of the molecule is CCc1nc(CNCC2CCCC2CO)cs1. The first-order chi connectivity index (χ1) is 8.33. The second-order valence-corrected chi connectivity index (χ2v) is 5.79. The maximum Gasteiger partial charge on any atom is 0.0926 e. The zero-order valence-corrected chi connectivity index (χ0v) is 11.3. The minimum absolute atomic E-state index is 0.350. The van der Waals surface area contributed by atoms with Crippen LogP contribution < -0.4 is 5.32 Å². The molecule has 96 valence electrons. The number of aryl methyl sites for hydroxylation is 1. The van der Waals surface area contributed by atoms with Crippen LogP contribution in [0.3, 0.4) is 0 Å². The van der Waals surface area contributed by atoms with E-state index in [0.29, 0.717) is 18.4 Å². The minimum atomic E-state index is 0.350. The molecule has 0 aliphatic heterocycles. The molecule has 0 bridgehead atoms. The number of thiazole rings is 1. The summed E-state index contributed by atoms with van der Waals surface area (Å²) >= 11 is 1.75. The van der Waals surface area contributed by atoms with Crippen LogP contribution in [0.15, 0.2) is 5.38 Å². The van der Waals surface area contributed by atoms with Crippen molar-refractivity contribution >= 4 is 11.3 Å². The molecule has 0 amide bonds. The number of aliphatic hydroxyl groups excluding tert-OH is 1. The van der Waals surface area contributed by atoms with Crippen LogP contribution in [0.2, 0.25) is 0 Å². The fraction of sp³-hybridized carbons (Fsp3) is 0.769. The Morgan fingerprint density at radius 1 is 1.47 bits per heavy atom. The van der Waals surface area contributed by atoms with Gasteiger partial charge in [0.2, 0.25) is 0 Å². The zero-order valence-electron chi connectivity index (χ0n) is 10.5. The first-order valence-electron chi connectivity index (χ1n) is 6.58. The van der Waals surface area contributed by atoms with Crippen LogP contribution in [0.25, 0.3) is 0 Å². The van der Waals surface area contributed by atoms with Gasteiger partial charge in [-0.25, -0.2) is 4.98 Å². The molecular formula is C13H22N2OS. The molecule has 1 fully saturated rings. The average molecular weight is 254 g/mol. The van der Waals surface area contributed by atoms with Crippen LogP contribution >= 0.6 is 11.3 Å². The van der Waals surface area contributed by atoms with Crippen molar-refractivity contribution in [1.82, 2.24) is 10.3 Å². The number of hydrogen-bond donors (Lipinski definition) is 2. The predicted molar refractivity (Wildman–Crippen MR) is 71.1 cm³/mol. The molecule has 2 rings (SSSR count). The Morgan fingerprint density at radius 2 is 2.29 bits per heavy atom. The molecule has 1 aromatic rings. The normalized spacial score (nSPS) is 24.4. The maximum atomic E-state index is 9.25. The molecule has 1 aliphatic carbocycles. The van der Waals surface area contributed by atoms with Crippen molar-refractivity contribution in [3.05, 3.63) is 16.1 Å². The molecule has 4 heteroatoms. The quantitative estimate of drug-likeness (QED) is 0.818. The highest BCUT2D eigenvalue weighted by atomic mass is 32.1. The lowest BCUT2D eigenvalue weighted by molar-refractivity contribution is 0.192. The van der Waals surface area contributed by atoms with Crippen molar-refractivity contribution in [3.8, 4) is 0 Å². The van der Waals surface area contributed by atoms with Crippen molar-refractivity contribution < 1.29 is 5.11 Å². The van der Waals surface area contributed by atoms with E-state index in [1.165, 1.54) is 24.3 Å². The van der Waals surface area contributed by atoms with Gasteiger partial charge in [-0.3, -0.25) is 0 Å². The maximum absolute atomic E-state index is 9.25. The summed E-state index contributed by atoms with van der Waals surface area (Å²) in [6.45, 7) is 4.37. The van der Waals surface area contributed by atoms with Crippen molar-refractivity contribution in [2.45, 2.75) is 39.2 Å². The van der Waals surface area contributed by atoms with Gasteiger partial charge in [-0.2, -0.15) is 0 Å². The van der Waals surface area contributed by atoms with Gasteiger partial charge in [-0.15, -0.1) is 11.3 Å². The van der Waals surface area contributed by atoms with Crippen LogP contribution in [0.4, 0.5) is 0 Å². The van der Waals surface area contributed by atoms with E-state index in [1.54, 1.807) is 11.3 Å². The molecule has 0 radical (unpaired) electrons. The first-order valence-corrected chi connectivity index (χ1v) is 7.46. The summed E-state index contributed by atoms with van der Waals surface area (Å²) < 4.78 is 0. The highest BCUT2D eigenvalue weighted by molar-refractivity contribution is 7.09. The van der Waals surface area contributed by atoms with Crippen molar-refractivity contribution in [1.29, 1.82) is 0 Å². The van der Waals surface area contributed by atoms with Crippen LogP contribution in [-0.4, -0.2) is 23.2 Å². The lowest BCUT2D eigenvalue weighted by Gasteiger charge is -2.17. The second kappa shape index (κ2) is 6.47. The summed E-state index contributed by atoms with van der Waals surface area (Å²) in [7, 11) is 0. The monoisotopic (exact) mass is 254 g/mol. The summed E-state index contributed by atoms with van der Waals surface area (Å²) in [5, 5.41) is 16.1. The lowest BCUT2D eigenvalue weighted by atomic mass is 9.97. The van der Waals surface area contributed by atoms with Gasteiger partial charge in [0.1, 0.15) is 0 Å². The Hall–Kier alpha value is -0.450. The number of aromatic nitrogens is 1. The van der Waals surface area contributed by atoms with Gasteiger partial charge in [0.25, 0.3) is 0 Å². The standard InChI is InChI=1S/C13H22N2OS/c1-2-13-15-12(9-17-13)7-14-6-10-4-3-5-11(10)8-16/h9-11,14,16H,2-8H2,1H3. The Morgan fingerprint density at radius 3 is 3.00 bits per heavy atom. The Bertz CT molecular complexity index is 340. The summed E-state index contributed by atoms with van der Waals surface area (Å²) in [5.74, 6) is 1.17. The molecule has 3 nitrogen and oxygen atoms in total. The fourth-order valence-electron chi connectivity index (χ4n) is 2.60. The third kappa shape index (κ3) is 3.50. The summed E-state index contributed by atoms with van der Waals surface area (Å²) in [4.78, 5) is 4.54. The summed E-state index contributed by atoms with van der Waals surface area (Å²) in [5.41, 5.74) is 1.16. The number of aliphatic hydroxyl groups is 1. The van der Waals surface area contributed by atoms with Crippen molar-refractivity contribution in [3.63, 3.8) is 0 Å². The molecule has 2 unspecified atom stereocenters. The van der Waals surface area contributed by atoms with Crippen LogP contribution in [0.5, 0.6) is 0 Å². The van der Waals surface area contributed by atoms with Gasteiger partial charge >= 0.3 is 0 Å². The van der Waals surface area contributed by atoms with Crippen molar-refractivity contribution in [2.24, 2.45) is 11.8 Å². The van der Waals surface area contributed by atoms with E-state index in [4.69, 9.17) is 0 Å². The van der Waals surface area contributed by atoms with Gasteiger partial charge in [0.15, 0.2) is 0 Å². The van der Waals surface area contributed by atoms with Crippen LogP contribution in [0, 0.1) is 11.8 Å². The third-order valence-corrected chi connectivity index (χ3v) is 4.71. The summed E-state index contributed by atoms with van der Waals surface area (Å²) in [6, 6.07) is 0. The van der Waals surface area contributed by atoms with E-state index >= 15 is 0 Å². The number of hydrogen-bond acceptors (Lipinski definition) is 4. The van der Waals surface area contributed by atoms with E-state index in [1.807, 2.05) is 0 Å². The van der Waals surface area contributed by atoms with E-state index < -0.39 is 0 Å². The molecule has 17 heavy (non-hydrogen) atoms. The van der Waals surface area contributed by atoms with Gasteiger partial charge in [0, 0.05) is 18.5 Å². The molecule has 1 heterocycles. The predicted octanol–water partition coefficient (Wildman–Crippen LogP) is 2.20. The van der Waals surface area contributed by atoms with Gasteiger partial charge in [-0.1, -0.05) is 13.3 Å². The second-order valence-electron chi connectivity index (χ2n) is 4.85. The third-order valence-electron chi connectivity index (χ3n) is 3.67. The minimum Gasteiger partial charge on any atom is -0.396 e. The molecule has 0 aromatic carbocycles. The average Bonchev–Trinajstić information content (AvgIpc) is 2.97. The van der Waals surface area contributed by atoms with E-state index in [9.17, 15) is 5.11 Å². The molecular weight excluding hydrogens is 232 g/mol. The molecule has 2 N–H and O–H groups in total. The molecule has 1 aliphatic rings. The highest BCUT2D eigenvalue weighted by Crippen LogP contribution is 2.30. The molecule has 1 saturated carbocycles. The van der Waals surface area contributed by atoms with E-state index in [-0.39, 0.29) is 0 Å². The largest absolute Gasteiger partial charge is 0.396 e. The Balaban J connectivity index is 1.72. The number of rotatable bonds is 6. The fourth-order valence-corrected chi connectivity index (χ4v) is 3.35. The first kappa shape index (κ1) is 13.0. The molecule has 0 spiro atoms.